The first-order valence-electron chi connectivity index (χ1n) is 9.86. The van der Waals surface area contributed by atoms with Gasteiger partial charge in [-0.15, -0.1) is 0 Å². The highest BCUT2D eigenvalue weighted by Gasteiger charge is 2.64. The lowest BCUT2D eigenvalue weighted by Gasteiger charge is -2.48. The minimum Gasteiger partial charge on any atom is -0.339 e. The molecule has 154 valence electrons. The van der Waals surface area contributed by atoms with Crippen molar-refractivity contribution in [2.24, 2.45) is 0 Å². The number of nitrogens with zero attached hydrogens (tertiary/aromatic N) is 4. The average Bonchev–Trinajstić information content (AvgIpc) is 3.38. The van der Waals surface area contributed by atoms with Gasteiger partial charge in [0.1, 0.15) is 16.3 Å². The van der Waals surface area contributed by atoms with Crippen molar-refractivity contribution in [3.63, 3.8) is 0 Å². The smallest absolute Gasteiger partial charge is 0.272 e. The molecule has 3 fully saturated rings. The van der Waals surface area contributed by atoms with Gasteiger partial charge in [-0.2, -0.15) is 4.98 Å². The molecule has 0 N–H and O–H groups in total. The second-order valence-corrected chi connectivity index (χ2v) is 10.7. The van der Waals surface area contributed by atoms with E-state index in [1.54, 1.807) is 0 Å². The SMILES string of the molecule is O=C(c1ccc(F)cn1)N1CC2(C1)C(c1nc(C3CCCC3)no1)CCS2(=O)=O. The van der Waals surface area contributed by atoms with Crippen LogP contribution in [-0.4, -0.2) is 57.9 Å². The number of hydrogen-bond donors (Lipinski definition) is 0. The molecule has 10 heteroatoms. The summed E-state index contributed by atoms with van der Waals surface area (Å²) in [7, 11) is -3.41. The lowest BCUT2D eigenvalue weighted by atomic mass is 9.83. The van der Waals surface area contributed by atoms with E-state index in [1.165, 1.54) is 11.0 Å². The van der Waals surface area contributed by atoms with Gasteiger partial charge >= 0.3 is 0 Å². The molecule has 1 unspecified atom stereocenters. The minimum atomic E-state index is -3.41. The second kappa shape index (κ2) is 6.58. The van der Waals surface area contributed by atoms with Gasteiger partial charge in [0.05, 0.1) is 17.9 Å². The molecule has 0 aromatic carbocycles. The minimum absolute atomic E-state index is 0.0373. The summed E-state index contributed by atoms with van der Waals surface area (Å²) >= 11 is 0. The number of sulfone groups is 1. The van der Waals surface area contributed by atoms with E-state index in [1.807, 2.05) is 0 Å². The van der Waals surface area contributed by atoms with Crippen LogP contribution >= 0.6 is 0 Å². The number of hydrogen-bond acceptors (Lipinski definition) is 7. The lowest BCUT2D eigenvalue weighted by Crippen LogP contribution is -2.67. The maximum absolute atomic E-state index is 13.1. The first-order chi connectivity index (χ1) is 13.9. The summed E-state index contributed by atoms with van der Waals surface area (Å²) in [5.41, 5.74) is 0.0921. The standard InChI is InChI=1S/C19H21FN4O4S/c20-13-5-6-15(21-9-13)18(25)24-10-19(11-24)14(7-8-29(19,26)27)17-22-16(23-28-17)12-3-1-2-4-12/h5-6,9,12,14H,1-4,7-8,10-11H2. The van der Waals surface area contributed by atoms with Crippen molar-refractivity contribution in [1.82, 2.24) is 20.0 Å². The van der Waals surface area contributed by atoms with Crippen molar-refractivity contribution in [3.05, 3.63) is 41.6 Å². The van der Waals surface area contributed by atoms with Crippen molar-refractivity contribution >= 4 is 15.7 Å². The molecular formula is C19H21FN4O4S. The van der Waals surface area contributed by atoms with Crippen LogP contribution in [-0.2, 0) is 9.84 Å². The third-order valence-corrected chi connectivity index (χ3v) is 9.11. The molecule has 1 aliphatic carbocycles. The number of likely N-dealkylation sites (tertiary alicyclic amines) is 1. The zero-order valence-corrected chi connectivity index (χ0v) is 16.6. The lowest BCUT2D eigenvalue weighted by molar-refractivity contribution is 0.0498. The molecule has 2 aliphatic heterocycles. The van der Waals surface area contributed by atoms with E-state index in [0.29, 0.717) is 18.1 Å². The fourth-order valence-corrected chi connectivity index (χ4v) is 7.18. The number of pyridine rings is 1. The Balaban J connectivity index is 1.38. The van der Waals surface area contributed by atoms with Crippen LogP contribution in [0.3, 0.4) is 0 Å². The normalized spacial score (nSPS) is 25.4. The van der Waals surface area contributed by atoms with Gasteiger partial charge in [-0.05, 0) is 31.4 Å². The van der Waals surface area contributed by atoms with E-state index >= 15 is 0 Å². The molecule has 2 aromatic rings. The Morgan fingerprint density at radius 2 is 1.97 bits per heavy atom. The number of rotatable bonds is 3. The van der Waals surface area contributed by atoms with Crippen molar-refractivity contribution in [3.8, 4) is 0 Å². The highest BCUT2D eigenvalue weighted by molar-refractivity contribution is 7.93. The largest absolute Gasteiger partial charge is 0.339 e. The Bertz CT molecular complexity index is 1040. The molecule has 4 heterocycles. The van der Waals surface area contributed by atoms with Gasteiger partial charge in [0.2, 0.25) is 5.89 Å². The summed E-state index contributed by atoms with van der Waals surface area (Å²) in [5, 5.41) is 4.12. The predicted molar refractivity (Wildman–Crippen MR) is 99.5 cm³/mol. The summed E-state index contributed by atoms with van der Waals surface area (Å²) in [6.45, 7) is 0.109. The number of halogens is 1. The molecule has 1 spiro atoms. The molecule has 1 atom stereocenters. The summed E-state index contributed by atoms with van der Waals surface area (Å²) < 4.78 is 43.2. The summed E-state index contributed by atoms with van der Waals surface area (Å²) in [5.74, 6) is -0.0101. The van der Waals surface area contributed by atoms with Crippen LogP contribution in [0.5, 0.6) is 0 Å². The van der Waals surface area contributed by atoms with E-state index in [-0.39, 0.29) is 30.5 Å². The van der Waals surface area contributed by atoms with Crippen LogP contribution in [0.2, 0.25) is 0 Å². The van der Waals surface area contributed by atoms with E-state index in [4.69, 9.17) is 4.52 Å². The average molecular weight is 420 g/mol. The predicted octanol–water partition coefficient (Wildman–Crippen LogP) is 2.06. The van der Waals surface area contributed by atoms with Gasteiger partial charge in [0, 0.05) is 19.0 Å². The Labute approximate surface area is 167 Å². The van der Waals surface area contributed by atoms with Crippen LogP contribution in [0.4, 0.5) is 4.39 Å². The van der Waals surface area contributed by atoms with E-state index in [9.17, 15) is 17.6 Å². The monoisotopic (exact) mass is 420 g/mol. The molecule has 1 amide bonds. The third-order valence-electron chi connectivity index (χ3n) is 6.56. The van der Waals surface area contributed by atoms with Crippen molar-refractivity contribution in [2.45, 2.75) is 48.7 Å². The van der Waals surface area contributed by atoms with Crippen molar-refractivity contribution in [1.29, 1.82) is 0 Å². The van der Waals surface area contributed by atoms with Crippen LogP contribution in [0.25, 0.3) is 0 Å². The molecule has 2 saturated heterocycles. The number of aromatic nitrogens is 3. The van der Waals surface area contributed by atoms with E-state index in [2.05, 4.69) is 15.1 Å². The third kappa shape index (κ3) is 2.87. The summed E-state index contributed by atoms with van der Waals surface area (Å²) in [4.78, 5) is 22.4. The topological polar surface area (TPSA) is 106 Å². The Kier molecular flexibility index (Phi) is 4.23. The van der Waals surface area contributed by atoms with E-state index < -0.39 is 32.2 Å². The Hall–Kier alpha value is -2.36. The fraction of sp³-hybridized carbons (Fsp3) is 0.579. The molecule has 8 nitrogen and oxygen atoms in total. The van der Waals surface area contributed by atoms with E-state index in [0.717, 1.165) is 37.9 Å². The van der Waals surface area contributed by atoms with Crippen molar-refractivity contribution in [2.75, 3.05) is 18.8 Å². The maximum atomic E-state index is 13.1. The van der Waals surface area contributed by atoms with Gasteiger partial charge < -0.3 is 9.42 Å². The fourth-order valence-electron chi connectivity index (χ4n) is 4.87. The second-order valence-electron chi connectivity index (χ2n) is 8.22. The Morgan fingerprint density at radius 1 is 1.21 bits per heavy atom. The Morgan fingerprint density at radius 3 is 2.66 bits per heavy atom. The summed E-state index contributed by atoms with van der Waals surface area (Å²) in [6, 6.07) is 2.46. The van der Waals surface area contributed by atoms with Gasteiger partial charge in [-0.1, -0.05) is 18.0 Å². The molecule has 0 bridgehead atoms. The highest BCUT2D eigenvalue weighted by Crippen LogP contribution is 2.50. The zero-order valence-electron chi connectivity index (χ0n) is 15.8. The van der Waals surface area contributed by atoms with Crippen molar-refractivity contribution < 1.29 is 22.1 Å². The first kappa shape index (κ1) is 18.7. The summed E-state index contributed by atoms with van der Waals surface area (Å²) in [6.07, 6.45) is 5.72. The van der Waals surface area contributed by atoms with Gasteiger partial charge in [-0.3, -0.25) is 4.79 Å². The zero-order chi connectivity index (χ0) is 20.2. The molecule has 3 aliphatic rings. The molecule has 29 heavy (non-hydrogen) atoms. The molecular weight excluding hydrogens is 399 g/mol. The van der Waals surface area contributed by atoms with Crippen LogP contribution in [0, 0.1) is 5.82 Å². The maximum Gasteiger partial charge on any atom is 0.272 e. The molecule has 1 saturated carbocycles. The van der Waals surface area contributed by atoms with Crippen LogP contribution in [0.15, 0.2) is 22.9 Å². The van der Waals surface area contributed by atoms with Crippen LogP contribution in [0.1, 0.15) is 66.1 Å². The quantitative estimate of drug-likeness (QED) is 0.748. The van der Waals surface area contributed by atoms with Gasteiger partial charge in [0.25, 0.3) is 5.91 Å². The highest BCUT2D eigenvalue weighted by atomic mass is 32.2. The first-order valence-corrected chi connectivity index (χ1v) is 11.5. The van der Waals surface area contributed by atoms with Gasteiger partial charge in [0.15, 0.2) is 15.7 Å². The number of carbonyl (C=O) groups excluding carboxylic acids is 1. The van der Waals surface area contributed by atoms with Crippen LogP contribution < -0.4 is 0 Å². The number of carbonyl (C=O) groups is 1. The molecule has 5 rings (SSSR count). The molecule has 0 radical (unpaired) electrons. The number of amides is 1. The molecule has 2 aromatic heterocycles. The van der Waals surface area contributed by atoms with Gasteiger partial charge in [-0.25, -0.2) is 17.8 Å².